The third kappa shape index (κ3) is 5.16. The highest BCUT2D eigenvalue weighted by atomic mass is 32.1. The maximum atomic E-state index is 5.14. The maximum Gasteiger partial charge on any atom is 0.160 e. The molecule has 0 atom stereocenters. The number of aromatic nitrogens is 2. The molecule has 56 heavy (non-hydrogen) atoms. The van der Waals surface area contributed by atoms with Gasteiger partial charge in [-0.15, -0.1) is 11.3 Å². The Morgan fingerprint density at radius 3 is 1.64 bits per heavy atom. The lowest BCUT2D eigenvalue weighted by atomic mass is 9.67. The van der Waals surface area contributed by atoms with E-state index in [1.54, 1.807) is 0 Å². The van der Waals surface area contributed by atoms with Crippen LogP contribution in [0.1, 0.15) is 22.3 Å². The predicted octanol–water partition coefficient (Wildman–Crippen LogP) is 13.9. The van der Waals surface area contributed by atoms with E-state index >= 15 is 0 Å². The first-order valence-electron chi connectivity index (χ1n) is 19.1. The highest BCUT2D eigenvalue weighted by molar-refractivity contribution is 7.25. The molecule has 0 saturated heterocycles. The van der Waals surface area contributed by atoms with Crippen molar-refractivity contribution in [2.75, 3.05) is 0 Å². The monoisotopic (exact) mass is 730 g/mol. The first-order valence-corrected chi connectivity index (χ1v) is 19.9. The topological polar surface area (TPSA) is 25.8 Å². The Morgan fingerprint density at radius 1 is 0.339 bits per heavy atom. The Hall–Kier alpha value is -6.94. The molecule has 8 aromatic carbocycles. The SMILES string of the molecule is c1ccc(-c2nc(-c3ccc(-c4ccc5c(c4)-c4ccccc4C5(c4ccccc4)c4ccccc4)cc3)cc(-c3ccc4sc5ccccc5c4c3)n2)cc1. The van der Waals surface area contributed by atoms with Crippen LogP contribution in [-0.4, -0.2) is 9.97 Å². The normalized spacial score (nSPS) is 12.8. The summed E-state index contributed by atoms with van der Waals surface area (Å²) in [6.45, 7) is 0. The van der Waals surface area contributed by atoms with Gasteiger partial charge in [-0.05, 0) is 74.8 Å². The van der Waals surface area contributed by atoms with Crippen molar-refractivity contribution in [1.82, 2.24) is 9.97 Å². The van der Waals surface area contributed by atoms with Gasteiger partial charge in [0, 0.05) is 36.9 Å². The number of hydrogen-bond donors (Lipinski definition) is 0. The predicted molar refractivity (Wildman–Crippen MR) is 234 cm³/mol. The quantitative estimate of drug-likeness (QED) is 0.170. The van der Waals surface area contributed by atoms with Crippen molar-refractivity contribution >= 4 is 31.5 Å². The van der Waals surface area contributed by atoms with Crippen LogP contribution in [0.3, 0.4) is 0 Å². The minimum absolute atomic E-state index is 0.404. The first-order chi connectivity index (χ1) is 27.7. The summed E-state index contributed by atoms with van der Waals surface area (Å²) in [5.74, 6) is 0.718. The summed E-state index contributed by atoms with van der Waals surface area (Å²) in [5, 5.41) is 2.54. The fraction of sp³-hybridized carbons (Fsp3) is 0.0189. The van der Waals surface area contributed by atoms with Gasteiger partial charge < -0.3 is 0 Å². The highest BCUT2D eigenvalue weighted by Gasteiger charge is 2.45. The number of fused-ring (bicyclic) bond motifs is 6. The van der Waals surface area contributed by atoms with E-state index in [-0.39, 0.29) is 0 Å². The molecule has 0 unspecified atom stereocenters. The van der Waals surface area contributed by atoms with Gasteiger partial charge in [0.05, 0.1) is 16.8 Å². The minimum Gasteiger partial charge on any atom is -0.228 e. The highest BCUT2D eigenvalue weighted by Crippen LogP contribution is 2.56. The number of benzene rings is 8. The number of hydrogen-bond acceptors (Lipinski definition) is 3. The van der Waals surface area contributed by atoms with Gasteiger partial charge in [-0.25, -0.2) is 9.97 Å². The maximum absolute atomic E-state index is 5.14. The Balaban J connectivity index is 1.01. The van der Waals surface area contributed by atoms with Gasteiger partial charge in [0.2, 0.25) is 0 Å². The van der Waals surface area contributed by atoms with Crippen molar-refractivity contribution in [3.05, 3.63) is 229 Å². The van der Waals surface area contributed by atoms with Gasteiger partial charge in [-0.3, -0.25) is 0 Å². The zero-order valence-electron chi connectivity index (χ0n) is 30.4. The van der Waals surface area contributed by atoms with Gasteiger partial charge in [0.1, 0.15) is 0 Å². The molecule has 2 heterocycles. The fourth-order valence-corrected chi connectivity index (χ4v) is 9.89. The first kappa shape index (κ1) is 32.5. The van der Waals surface area contributed by atoms with Crippen molar-refractivity contribution in [1.29, 1.82) is 0 Å². The third-order valence-corrected chi connectivity index (χ3v) is 12.6. The number of thiophene rings is 1. The van der Waals surface area contributed by atoms with Gasteiger partial charge in [-0.1, -0.05) is 176 Å². The van der Waals surface area contributed by atoms with Crippen molar-refractivity contribution < 1.29 is 0 Å². The van der Waals surface area contributed by atoms with Crippen LogP contribution in [0.4, 0.5) is 0 Å². The average molecular weight is 731 g/mol. The summed E-state index contributed by atoms with van der Waals surface area (Å²) in [4.78, 5) is 10.3. The second-order valence-electron chi connectivity index (χ2n) is 14.5. The molecule has 3 heteroatoms. The van der Waals surface area contributed by atoms with Gasteiger partial charge in [0.15, 0.2) is 5.82 Å². The summed E-state index contributed by atoms with van der Waals surface area (Å²) in [7, 11) is 0. The molecule has 0 bridgehead atoms. The molecule has 0 aliphatic heterocycles. The molecule has 11 rings (SSSR count). The van der Waals surface area contributed by atoms with Crippen molar-refractivity contribution in [3.63, 3.8) is 0 Å². The molecule has 0 radical (unpaired) electrons. The Bertz CT molecular complexity index is 3020. The van der Waals surface area contributed by atoms with E-state index in [4.69, 9.17) is 9.97 Å². The van der Waals surface area contributed by atoms with Crippen LogP contribution in [0.25, 0.3) is 76.3 Å². The molecule has 2 nitrogen and oxygen atoms in total. The van der Waals surface area contributed by atoms with E-state index in [1.165, 1.54) is 64.7 Å². The molecule has 10 aromatic rings. The largest absolute Gasteiger partial charge is 0.228 e. The van der Waals surface area contributed by atoms with E-state index < -0.39 is 5.41 Å². The molecule has 0 amide bonds. The number of nitrogens with zero attached hydrogens (tertiary/aromatic N) is 2. The van der Waals surface area contributed by atoms with Crippen LogP contribution in [0.5, 0.6) is 0 Å². The van der Waals surface area contributed by atoms with Gasteiger partial charge >= 0.3 is 0 Å². The molecule has 0 fully saturated rings. The number of rotatable bonds is 6. The molecule has 2 aromatic heterocycles. The Kier molecular flexibility index (Phi) is 7.61. The molecular weight excluding hydrogens is 697 g/mol. The lowest BCUT2D eigenvalue weighted by Crippen LogP contribution is -2.28. The van der Waals surface area contributed by atoms with Crippen LogP contribution in [-0.2, 0) is 5.41 Å². The summed E-state index contributed by atoms with van der Waals surface area (Å²) >= 11 is 1.83. The van der Waals surface area contributed by atoms with E-state index in [0.29, 0.717) is 0 Å². The van der Waals surface area contributed by atoms with Crippen molar-refractivity contribution in [2.24, 2.45) is 0 Å². The molecule has 1 aliphatic carbocycles. The van der Waals surface area contributed by atoms with Crippen LogP contribution in [0.15, 0.2) is 206 Å². The van der Waals surface area contributed by atoms with Crippen LogP contribution in [0, 0.1) is 0 Å². The van der Waals surface area contributed by atoms with Crippen LogP contribution < -0.4 is 0 Å². The molecule has 262 valence electrons. The third-order valence-electron chi connectivity index (χ3n) is 11.4. The summed E-state index contributed by atoms with van der Waals surface area (Å²) in [5.41, 5.74) is 14.6. The van der Waals surface area contributed by atoms with Crippen LogP contribution in [0.2, 0.25) is 0 Å². The smallest absolute Gasteiger partial charge is 0.160 e. The average Bonchev–Trinajstić information content (AvgIpc) is 3.80. The lowest BCUT2D eigenvalue weighted by molar-refractivity contribution is 0.768. The standard InChI is InChI=1S/C53H34N2S/c1-4-14-37(15-5-1)52-54-48(34-49(55-52)39-29-31-51-45(33-39)43-21-11-13-23-50(43)56-51)36-26-24-35(25-27-36)38-28-30-47-44(32-38)42-20-10-12-22-46(42)53(47,40-16-6-2-7-17-40)41-18-8-3-9-19-41/h1-34H. The zero-order valence-corrected chi connectivity index (χ0v) is 31.2. The minimum atomic E-state index is -0.404. The van der Waals surface area contributed by atoms with E-state index in [2.05, 4.69) is 188 Å². The summed E-state index contributed by atoms with van der Waals surface area (Å²) < 4.78 is 2.58. The molecule has 0 N–H and O–H groups in total. The van der Waals surface area contributed by atoms with Crippen molar-refractivity contribution in [2.45, 2.75) is 5.41 Å². The molecular formula is C53H34N2S. The Morgan fingerprint density at radius 2 is 0.893 bits per heavy atom. The second-order valence-corrected chi connectivity index (χ2v) is 15.6. The van der Waals surface area contributed by atoms with Gasteiger partial charge in [0.25, 0.3) is 0 Å². The molecule has 1 aliphatic rings. The van der Waals surface area contributed by atoms with E-state index in [9.17, 15) is 0 Å². The zero-order chi connectivity index (χ0) is 37.1. The van der Waals surface area contributed by atoms with Crippen molar-refractivity contribution in [3.8, 4) is 56.2 Å². The van der Waals surface area contributed by atoms with Gasteiger partial charge in [-0.2, -0.15) is 0 Å². The van der Waals surface area contributed by atoms with E-state index in [0.717, 1.165) is 33.9 Å². The fourth-order valence-electron chi connectivity index (χ4n) is 8.81. The molecule has 0 saturated carbocycles. The van der Waals surface area contributed by atoms with Crippen LogP contribution >= 0.6 is 11.3 Å². The lowest BCUT2D eigenvalue weighted by Gasteiger charge is -2.33. The summed E-state index contributed by atoms with van der Waals surface area (Å²) in [6.07, 6.45) is 0. The summed E-state index contributed by atoms with van der Waals surface area (Å²) in [6, 6.07) is 74.5. The molecule has 0 spiro atoms. The second kappa shape index (κ2) is 13.1. The van der Waals surface area contributed by atoms with E-state index in [1.807, 2.05) is 29.5 Å². The Labute approximate surface area is 330 Å².